The van der Waals surface area contributed by atoms with E-state index in [2.05, 4.69) is 0 Å². The average molecular weight is 470 g/mol. The molecule has 0 aromatic carbocycles. The van der Waals surface area contributed by atoms with Crippen LogP contribution in [0.15, 0.2) is 0 Å². The Labute approximate surface area is 203 Å². The van der Waals surface area contributed by atoms with Gasteiger partial charge in [-0.3, -0.25) is 0 Å². The van der Waals surface area contributed by atoms with Crippen molar-refractivity contribution in [1.82, 2.24) is 0 Å². The minimum Gasteiger partial charge on any atom is -1.00 e. The maximum absolute atomic E-state index is 0. The van der Waals surface area contributed by atoms with Gasteiger partial charge in [0.05, 0.1) is 0 Å². The first-order chi connectivity index (χ1) is 0. The average Bonchev–Trinajstić information content (AvgIpc) is 0. The normalized spacial score (nSPS) is 0. The van der Waals surface area contributed by atoms with E-state index in [1.807, 2.05) is 0 Å². The van der Waals surface area contributed by atoms with E-state index >= 15 is 0 Å². The molecule has 0 unspecified atom stereocenters. The van der Waals surface area contributed by atoms with Crippen molar-refractivity contribution in [2.45, 2.75) is 14.9 Å². The molecule has 0 aliphatic heterocycles. The zero-order valence-corrected chi connectivity index (χ0v) is 16.4. The standard InChI is InChI=1S/2CH4.2Ca.4ClH.12H2O/h2*1H4;;;4*1H;12*1H2/q;;2*+2;;;;;;;;;;;;;;;;/p-4. The van der Waals surface area contributed by atoms with E-state index in [1.165, 1.54) is 0 Å². The van der Waals surface area contributed by atoms with Crippen LogP contribution in [0.4, 0.5) is 0 Å². The maximum atomic E-state index is 0. The van der Waals surface area contributed by atoms with Crippen LogP contribution in [0.3, 0.4) is 0 Å². The van der Waals surface area contributed by atoms with Gasteiger partial charge in [-0.2, -0.15) is 0 Å². The Balaban J connectivity index is 0. The van der Waals surface area contributed by atoms with Crippen LogP contribution in [0.25, 0.3) is 0 Å². The predicted octanol–water partition coefficient (Wildman–Crippen LogP) is -21.4. The second-order valence-electron chi connectivity index (χ2n) is 0. The molecule has 0 heterocycles. The molecular formula is C2H32Ca2Cl4O12. The van der Waals surface area contributed by atoms with Gasteiger partial charge >= 0.3 is 75.5 Å². The van der Waals surface area contributed by atoms with E-state index in [0.717, 1.165) is 0 Å². The molecule has 18 heteroatoms. The van der Waals surface area contributed by atoms with Gasteiger partial charge in [0.1, 0.15) is 0 Å². The quantitative estimate of drug-likeness (QED) is 0.297. The SMILES string of the molecule is C.C.O.O.O.O.O.O.O.O.O.O.O.O.[Ca+2].[Ca+2].[Cl-].[Cl-].[Cl-].[Cl-]. The summed E-state index contributed by atoms with van der Waals surface area (Å²) in [6, 6.07) is 0. The molecule has 0 aromatic rings. The Morgan fingerprint density at radius 3 is 0.200 bits per heavy atom. The minimum absolute atomic E-state index is 0. The Morgan fingerprint density at radius 2 is 0.200 bits per heavy atom. The maximum Gasteiger partial charge on any atom is 2.00 e. The first-order valence-corrected chi connectivity index (χ1v) is 0. The van der Waals surface area contributed by atoms with Gasteiger partial charge in [-0.15, -0.1) is 0 Å². The summed E-state index contributed by atoms with van der Waals surface area (Å²) < 4.78 is 0. The summed E-state index contributed by atoms with van der Waals surface area (Å²) >= 11 is 0. The predicted molar refractivity (Wildman–Crippen MR) is 68.3 cm³/mol. The van der Waals surface area contributed by atoms with Gasteiger partial charge in [0.15, 0.2) is 0 Å². The molecular weight excluding hydrogens is 438 g/mol. The van der Waals surface area contributed by atoms with Crippen LogP contribution in [0.5, 0.6) is 0 Å². The second kappa shape index (κ2) is 975. The Morgan fingerprint density at radius 1 is 0.200 bits per heavy atom. The molecule has 0 rings (SSSR count). The summed E-state index contributed by atoms with van der Waals surface area (Å²) in [5.74, 6) is 0. The van der Waals surface area contributed by atoms with Crippen LogP contribution >= 0.6 is 0 Å². The van der Waals surface area contributed by atoms with Crippen LogP contribution in [-0.2, 0) is 0 Å². The fraction of sp³-hybridized carbons (Fsp3) is 1.00. The summed E-state index contributed by atoms with van der Waals surface area (Å²) in [6.45, 7) is 0. The fourth-order valence-corrected chi connectivity index (χ4v) is 0. The van der Waals surface area contributed by atoms with Crippen LogP contribution in [-0.4, -0.2) is 141 Å². The van der Waals surface area contributed by atoms with E-state index in [4.69, 9.17) is 0 Å². The molecule has 0 atom stereocenters. The Bertz CT molecular complexity index is 31.4. The van der Waals surface area contributed by atoms with Crippen LogP contribution in [0.1, 0.15) is 14.9 Å². The zero-order chi connectivity index (χ0) is 0. The van der Waals surface area contributed by atoms with Crippen LogP contribution in [0, 0.1) is 0 Å². The Kier molecular flexibility index (Phi) is 54400. The number of rotatable bonds is 0. The summed E-state index contributed by atoms with van der Waals surface area (Å²) in [5.41, 5.74) is 0. The number of hydrogen-bond donors (Lipinski definition) is 0. The molecule has 0 radical (unpaired) electrons. The van der Waals surface area contributed by atoms with Gasteiger partial charge < -0.3 is 115 Å². The molecule has 24 N–H and O–H groups in total. The molecule has 0 amide bonds. The summed E-state index contributed by atoms with van der Waals surface area (Å²) in [4.78, 5) is 0. The summed E-state index contributed by atoms with van der Waals surface area (Å²) in [6.07, 6.45) is 0. The number of halogens is 4. The molecule has 20 heavy (non-hydrogen) atoms. The monoisotopic (exact) mass is 468 g/mol. The Hall–Kier alpha value is 3.20. The van der Waals surface area contributed by atoms with Crippen molar-refractivity contribution in [1.29, 1.82) is 0 Å². The summed E-state index contributed by atoms with van der Waals surface area (Å²) in [7, 11) is 0. The molecule has 0 bridgehead atoms. The van der Waals surface area contributed by atoms with Crippen LogP contribution in [0.2, 0.25) is 0 Å². The first-order valence-electron chi connectivity index (χ1n) is 0. The molecule has 0 aliphatic rings. The second-order valence-corrected chi connectivity index (χ2v) is 0. The van der Waals surface area contributed by atoms with Gasteiger partial charge in [-0.05, 0) is 0 Å². The largest absolute Gasteiger partial charge is 2.00 e. The minimum atomic E-state index is 0. The van der Waals surface area contributed by atoms with Crippen molar-refractivity contribution in [2.75, 3.05) is 0 Å². The van der Waals surface area contributed by atoms with E-state index in [1.54, 1.807) is 0 Å². The molecule has 0 saturated heterocycles. The van der Waals surface area contributed by atoms with Gasteiger partial charge in [-0.1, -0.05) is 14.9 Å². The molecule has 0 spiro atoms. The molecule has 144 valence electrons. The van der Waals surface area contributed by atoms with Crippen molar-refractivity contribution >= 4 is 75.5 Å². The van der Waals surface area contributed by atoms with Gasteiger partial charge in [0.25, 0.3) is 0 Å². The molecule has 0 fully saturated rings. The van der Waals surface area contributed by atoms with E-state index < -0.39 is 0 Å². The van der Waals surface area contributed by atoms with Gasteiger partial charge in [-0.25, -0.2) is 0 Å². The van der Waals surface area contributed by atoms with Crippen molar-refractivity contribution in [3.63, 3.8) is 0 Å². The van der Waals surface area contributed by atoms with Gasteiger partial charge in [0.2, 0.25) is 0 Å². The third-order valence-electron chi connectivity index (χ3n) is 0. The summed E-state index contributed by atoms with van der Waals surface area (Å²) in [5, 5.41) is 0. The molecule has 0 aromatic heterocycles. The molecule has 0 aliphatic carbocycles. The fourth-order valence-electron chi connectivity index (χ4n) is 0. The van der Waals surface area contributed by atoms with Gasteiger partial charge in [0, 0.05) is 0 Å². The van der Waals surface area contributed by atoms with E-state index in [-0.39, 0.29) is 206 Å². The van der Waals surface area contributed by atoms with Crippen molar-refractivity contribution < 1.29 is 115 Å². The number of hydrogen-bond acceptors (Lipinski definition) is 0. The third kappa shape index (κ3) is 845. The topological polar surface area (TPSA) is 378 Å². The van der Waals surface area contributed by atoms with E-state index in [0.29, 0.717) is 0 Å². The molecule has 12 nitrogen and oxygen atoms in total. The first kappa shape index (κ1) is 1120. The zero-order valence-electron chi connectivity index (χ0n) is 8.93. The van der Waals surface area contributed by atoms with Crippen molar-refractivity contribution in [2.24, 2.45) is 0 Å². The smallest absolute Gasteiger partial charge is 1.00 e. The van der Waals surface area contributed by atoms with E-state index in [9.17, 15) is 0 Å². The molecule has 0 saturated carbocycles. The van der Waals surface area contributed by atoms with Crippen molar-refractivity contribution in [3.8, 4) is 0 Å². The van der Waals surface area contributed by atoms with Crippen molar-refractivity contribution in [3.05, 3.63) is 0 Å². The van der Waals surface area contributed by atoms with Crippen LogP contribution < -0.4 is 49.6 Å². The third-order valence-corrected chi connectivity index (χ3v) is 0.